The molecule has 2 aromatic rings. The third kappa shape index (κ3) is 9.73. The van der Waals surface area contributed by atoms with Crippen LogP contribution in [-0.4, -0.2) is 36.2 Å². The molecule has 0 aromatic heterocycles. The Kier molecular flexibility index (Phi) is 11.1. The lowest BCUT2D eigenvalue weighted by atomic mass is 10.2. The molecular formula is C27H30O7. The van der Waals surface area contributed by atoms with Crippen LogP contribution in [0.5, 0.6) is 11.5 Å². The zero-order valence-electron chi connectivity index (χ0n) is 19.3. The van der Waals surface area contributed by atoms with Gasteiger partial charge in [-0.3, -0.25) is 9.59 Å². The molecule has 0 heterocycles. The molecule has 2 rings (SSSR count). The van der Waals surface area contributed by atoms with Crippen LogP contribution in [0.15, 0.2) is 55.1 Å². The smallest absolute Gasteiger partial charge is 0.335 e. The van der Waals surface area contributed by atoms with Crippen LogP contribution >= 0.6 is 0 Å². The van der Waals surface area contributed by atoms with Crippen LogP contribution in [-0.2, 0) is 14.3 Å². The van der Waals surface area contributed by atoms with Crippen LogP contribution in [0, 0.1) is 0 Å². The molecule has 7 nitrogen and oxygen atoms in total. The summed E-state index contributed by atoms with van der Waals surface area (Å²) in [5, 5.41) is 10.6. The van der Waals surface area contributed by atoms with Gasteiger partial charge in [-0.15, -0.1) is 0 Å². The Balaban J connectivity index is 1.88. The highest BCUT2D eigenvalue weighted by Crippen LogP contribution is 2.13. The second-order valence-corrected chi connectivity index (χ2v) is 7.51. The number of esters is 2. The van der Waals surface area contributed by atoms with Crippen molar-refractivity contribution in [2.45, 2.75) is 39.0 Å². The third-order valence-corrected chi connectivity index (χ3v) is 4.79. The van der Waals surface area contributed by atoms with Gasteiger partial charge in [-0.1, -0.05) is 30.9 Å². The Morgan fingerprint density at radius 1 is 0.912 bits per heavy atom. The highest BCUT2D eigenvalue weighted by molar-refractivity contribution is 5.87. The number of unbranched alkanes of at least 4 members (excludes halogenated alkanes) is 3. The van der Waals surface area contributed by atoms with Crippen molar-refractivity contribution in [1.82, 2.24) is 0 Å². The van der Waals surface area contributed by atoms with E-state index in [1.165, 1.54) is 31.2 Å². The molecule has 180 valence electrons. The number of carboxylic acids is 1. The van der Waals surface area contributed by atoms with Crippen molar-refractivity contribution < 1.29 is 33.7 Å². The molecule has 7 heteroatoms. The molecule has 0 fully saturated rings. The number of carbonyl (C=O) groups excluding carboxylic acids is 2. The Labute approximate surface area is 199 Å². The number of hydrogen-bond acceptors (Lipinski definition) is 6. The monoisotopic (exact) mass is 466 g/mol. The molecule has 0 spiro atoms. The summed E-state index contributed by atoms with van der Waals surface area (Å²) in [7, 11) is 0. The minimum Gasteiger partial charge on any atom is -0.494 e. The standard InChI is InChI=1S/C27H30O7/c1-3-8-23-19-25(33-18-7-5-4-6-17-32-20(2)28)15-9-21(23)12-16-26(29)34-24-13-10-22(11-14-24)27(30)31/h3,8-15,19H,1,4-7,16-18H2,2H3,(H,30,31)/b21-12-,23-8-. The van der Waals surface area contributed by atoms with Crippen molar-refractivity contribution in [1.29, 1.82) is 0 Å². The minimum absolute atomic E-state index is 0.0478. The number of hydrogen-bond donors (Lipinski definition) is 1. The molecule has 0 bridgehead atoms. The number of carbonyl (C=O) groups is 3. The van der Waals surface area contributed by atoms with Crippen molar-refractivity contribution in [3.05, 3.63) is 71.1 Å². The maximum absolute atomic E-state index is 12.2. The van der Waals surface area contributed by atoms with Gasteiger partial charge in [0.2, 0.25) is 0 Å². The van der Waals surface area contributed by atoms with Gasteiger partial charge in [-0.2, -0.15) is 0 Å². The summed E-state index contributed by atoms with van der Waals surface area (Å²) in [6.45, 7) is 6.19. The van der Waals surface area contributed by atoms with E-state index in [1.807, 2.05) is 24.3 Å². The van der Waals surface area contributed by atoms with Crippen molar-refractivity contribution >= 4 is 30.1 Å². The largest absolute Gasteiger partial charge is 0.494 e. The van der Waals surface area contributed by atoms with E-state index < -0.39 is 11.9 Å². The second-order valence-electron chi connectivity index (χ2n) is 7.51. The van der Waals surface area contributed by atoms with Crippen LogP contribution in [0.2, 0.25) is 0 Å². The molecule has 0 aliphatic rings. The predicted octanol–water partition coefficient (Wildman–Crippen LogP) is 3.63. The lowest BCUT2D eigenvalue weighted by Gasteiger charge is -2.07. The van der Waals surface area contributed by atoms with Gasteiger partial charge in [-0.25, -0.2) is 4.79 Å². The summed E-state index contributed by atoms with van der Waals surface area (Å²) in [6, 6.07) is 11.3. The van der Waals surface area contributed by atoms with E-state index >= 15 is 0 Å². The van der Waals surface area contributed by atoms with E-state index in [9.17, 15) is 14.4 Å². The molecule has 0 amide bonds. The van der Waals surface area contributed by atoms with E-state index in [-0.39, 0.29) is 23.7 Å². The fourth-order valence-electron chi connectivity index (χ4n) is 3.10. The molecule has 0 radical (unpaired) electrons. The first-order valence-corrected chi connectivity index (χ1v) is 11.1. The fraction of sp³-hybridized carbons (Fsp3) is 0.296. The van der Waals surface area contributed by atoms with E-state index in [1.54, 1.807) is 12.2 Å². The molecule has 0 aliphatic carbocycles. The maximum atomic E-state index is 12.2. The quantitative estimate of drug-likeness (QED) is 0.273. The van der Waals surface area contributed by atoms with Crippen LogP contribution in [0.3, 0.4) is 0 Å². The molecule has 2 aromatic carbocycles. The molecule has 0 atom stereocenters. The lowest BCUT2D eigenvalue weighted by Crippen LogP contribution is -2.25. The van der Waals surface area contributed by atoms with E-state index in [4.69, 9.17) is 19.3 Å². The zero-order valence-corrected chi connectivity index (χ0v) is 19.3. The number of aromatic carboxylic acids is 1. The number of allylic oxidation sites excluding steroid dienone is 1. The van der Waals surface area contributed by atoms with Gasteiger partial charge >= 0.3 is 17.9 Å². The first-order valence-electron chi connectivity index (χ1n) is 11.1. The van der Waals surface area contributed by atoms with Gasteiger partial charge < -0.3 is 19.3 Å². The summed E-state index contributed by atoms with van der Waals surface area (Å²) in [6.07, 6.45) is 9.01. The van der Waals surface area contributed by atoms with E-state index in [0.29, 0.717) is 13.2 Å². The SMILES string of the molecule is C=C/C=c1/cc(OCCCCCCOC(C)=O)cc/c1=C/CC(=O)Oc1ccc(C(=O)O)cc1. The van der Waals surface area contributed by atoms with Crippen LogP contribution in [0.1, 0.15) is 49.4 Å². The molecule has 0 saturated heterocycles. The average Bonchev–Trinajstić information content (AvgIpc) is 2.80. The Bertz CT molecular complexity index is 1100. The third-order valence-electron chi connectivity index (χ3n) is 4.79. The number of rotatable bonds is 13. The second kappa shape index (κ2) is 14.3. The summed E-state index contributed by atoms with van der Waals surface area (Å²) in [5.74, 6) is -0.731. The topological polar surface area (TPSA) is 99.1 Å². The van der Waals surface area contributed by atoms with Crippen LogP contribution in [0.25, 0.3) is 12.2 Å². The average molecular weight is 467 g/mol. The van der Waals surface area contributed by atoms with Crippen LogP contribution < -0.4 is 19.9 Å². The number of carboxylic acid groups (broad SMARTS) is 1. The summed E-state index contributed by atoms with van der Waals surface area (Å²) in [4.78, 5) is 33.8. The summed E-state index contributed by atoms with van der Waals surface area (Å²) in [5.41, 5.74) is 0.123. The van der Waals surface area contributed by atoms with E-state index in [0.717, 1.165) is 41.9 Å². The van der Waals surface area contributed by atoms with Gasteiger partial charge in [0.25, 0.3) is 0 Å². The molecular weight excluding hydrogens is 436 g/mol. The highest BCUT2D eigenvalue weighted by atomic mass is 16.5. The van der Waals surface area contributed by atoms with Crippen molar-refractivity contribution in [2.75, 3.05) is 13.2 Å². The van der Waals surface area contributed by atoms with Crippen molar-refractivity contribution in [2.24, 2.45) is 0 Å². The Hall–Kier alpha value is -3.87. The first kappa shape index (κ1) is 26.4. The fourth-order valence-corrected chi connectivity index (χ4v) is 3.10. The van der Waals surface area contributed by atoms with E-state index in [2.05, 4.69) is 6.58 Å². The van der Waals surface area contributed by atoms with Gasteiger partial charge in [0.15, 0.2) is 0 Å². The summed E-state index contributed by atoms with van der Waals surface area (Å²) < 4.78 is 16.0. The molecule has 0 unspecified atom stereocenters. The zero-order chi connectivity index (χ0) is 24.8. The molecule has 0 aliphatic heterocycles. The Morgan fingerprint density at radius 3 is 2.24 bits per heavy atom. The van der Waals surface area contributed by atoms with Crippen molar-refractivity contribution in [3.63, 3.8) is 0 Å². The number of ether oxygens (including phenoxy) is 3. The normalized spacial score (nSPS) is 11.7. The van der Waals surface area contributed by atoms with Gasteiger partial charge in [0, 0.05) is 6.92 Å². The Morgan fingerprint density at radius 2 is 1.59 bits per heavy atom. The first-order chi connectivity index (χ1) is 16.4. The minimum atomic E-state index is -1.04. The number of benzene rings is 2. The van der Waals surface area contributed by atoms with Crippen LogP contribution in [0.4, 0.5) is 0 Å². The maximum Gasteiger partial charge on any atom is 0.335 e. The van der Waals surface area contributed by atoms with Gasteiger partial charge in [0.05, 0.1) is 25.2 Å². The molecule has 34 heavy (non-hydrogen) atoms. The summed E-state index contributed by atoms with van der Waals surface area (Å²) >= 11 is 0. The van der Waals surface area contributed by atoms with Gasteiger partial charge in [-0.05, 0) is 72.5 Å². The molecule has 1 N–H and O–H groups in total. The molecule has 0 saturated carbocycles. The van der Waals surface area contributed by atoms with Crippen molar-refractivity contribution in [3.8, 4) is 11.5 Å². The van der Waals surface area contributed by atoms with Gasteiger partial charge in [0.1, 0.15) is 11.5 Å². The lowest BCUT2D eigenvalue weighted by molar-refractivity contribution is -0.141. The highest BCUT2D eigenvalue weighted by Gasteiger charge is 2.06. The predicted molar refractivity (Wildman–Crippen MR) is 129 cm³/mol.